The van der Waals surface area contributed by atoms with Gasteiger partial charge in [0.2, 0.25) is 0 Å². The van der Waals surface area contributed by atoms with E-state index in [9.17, 15) is 0 Å². The lowest BCUT2D eigenvalue weighted by Gasteiger charge is -2.05. The van der Waals surface area contributed by atoms with Gasteiger partial charge in [-0.3, -0.25) is 0 Å². The van der Waals surface area contributed by atoms with E-state index in [0.29, 0.717) is 0 Å². The van der Waals surface area contributed by atoms with Crippen molar-refractivity contribution in [1.82, 2.24) is 0 Å². The summed E-state index contributed by atoms with van der Waals surface area (Å²) in [5.41, 5.74) is 10.6. The van der Waals surface area contributed by atoms with E-state index in [-0.39, 0.29) is 12.4 Å². The van der Waals surface area contributed by atoms with E-state index in [2.05, 4.69) is 43.3 Å². The lowest BCUT2D eigenvalue weighted by atomic mass is 10.0. The number of nitrogens with two attached hydrogens (primary N) is 1. The van der Waals surface area contributed by atoms with Gasteiger partial charge in [0.25, 0.3) is 0 Å². The molecule has 0 saturated heterocycles. The molecule has 0 fully saturated rings. The van der Waals surface area contributed by atoms with E-state index in [0.717, 1.165) is 18.5 Å². The molecule has 2 aromatic carbocycles. The van der Waals surface area contributed by atoms with Gasteiger partial charge in [-0.1, -0.05) is 36.4 Å². The summed E-state index contributed by atoms with van der Waals surface area (Å²) in [5.74, 6) is 0. The van der Waals surface area contributed by atoms with Crippen molar-refractivity contribution in [3.8, 4) is 0 Å². The summed E-state index contributed by atoms with van der Waals surface area (Å²) < 4.78 is 0. The molecule has 2 rings (SSSR count). The summed E-state index contributed by atoms with van der Waals surface area (Å²) in [7, 11) is 0. The average molecular weight is 248 g/mol. The Morgan fingerprint density at radius 1 is 0.882 bits per heavy atom. The number of anilines is 1. The monoisotopic (exact) mass is 247 g/mol. The SMILES string of the molecule is Cc1ccccc1CCc1ccc(N)cc1.Cl. The van der Waals surface area contributed by atoms with Crippen LogP contribution in [0.1, 0.15) is 16.7 Å². The Hall–Kier alpha value is -1.47. The summed E-state index contributed by atoms with van der Waals surface area (Å²) in [6.07, 6.45) is 2.17. The van der Waals surface area contributed by atoms with Gasteiger partial charge in [0.05, 0.1) is 0 Å². The Kier molecular flexibility index (Phi) is 5.05. The fourth-order valence-corrected chi connectivity index (χ4v) is 1.85. The minimum atomic E-state index is 0. The van der Waals surface area contributed by atoms with Crippen LogP contribution in [0.25, 0.3) is 0 Å². The molecule has 0 atom stereocenters. The van der Waals surface area contributed by atoms with Gasteiger partial charge in [0, 0.05) is 5.69 Å². The molecule has 0 spiro atoms. The predicted octanol–water partition coefficient (Wildman–Crippen LogP) is 3.78. The van der Waals surface area contributed by atoms with Crippen LogP contribution in [0, 0.1) is 6.92 Å². The molecular weight excluding hydrogens is 230 g/mol. The Morgan fingerprint density at radius 3 is 2.18 bits per heavy atom. The first-order valence-corrected chi connectivity index (χ1v) is 5.64. The number of hydrogen-bond donors (Lipinski definition) is 1. The van der Waals surface area contributed by atoms with Crippen LogP contribution in [-0.4, -0.2) is 0 Å². The highest BCUT2D eigenvalue weighted by Gasteiger charge is 1.98. The van der Waals surface area contributed by atoms with Crippen LogP contribution in [0.15, 0.2) is 48.5 Å². The number of nitrogen functional groups attached to an aromatic ring is 1. The zero-order valence-corrected chi connectivity index (χ0v) is 10.8. The van der Waals surface area contributed by atoms with Crippen molar-refractivity contribution in [2.45, 2.75) is 19.8 Å². The minimum Gasteiger partial charge on any atom is -0.399 e. The van der Waals surface area contributed by atoms with Crippen molar-refractivity contribution in [1.29, 1.82) is 0 Å². The highest BCUT2D eigenvalue weighted by atomic mass is 35.5. The second-order valence-corrected chi connectivity index (χ2v) is 4.17. The zero-order chi connectivity index (χ0) is 11.4. The lowest BCUT2D eigenvalue weighted by molar-refractivity contribution is 0.949. The molecule has 0 bridgehead atoms. The van der Waals surface area contributed by atoms with E-state index in [1.54, 1.807) is 0 Å². The van der Waals surface area contributed by atoms with Gasteiger partial charge in [0.15, 0.2) is 0 Å². The highest BCUT2D eigenvalue weighted by Crippen LogP contribution is 2.12. The maximum Gasteiger partial charge on any atom is 0.0314 e. The molecule has 2 N–H and O–H groups in total. The van der Waals surface area contributed by atoms with Gasteiger partial charge < -0.3 is 5.73 Å². The topological polar surface area (TPSA) is 26.0 Å². The van der Waals surface area contributed by atoms with Crippen molar-refractivity contribution in [3.63, 3.8) is 0 Å². The van der Waals surface area contributed by atoms with Crippen LogP contribution in [0.2, 0.25) is 0 Å². The Bertz CT molecular complexity index is 463. The van der Waals surface area contributed by atoms with Crippen LogP contribution >= 0.6 is 12.4 Å². The fourth-order valence-electron chi connectivity index (χ4n) is 1.85. The second kappa shape index (κ2) is 6.31. The third kappa shape index (κ3) is 3.79. The molecule has 2 aromatic rings. The molecule has 90 valence electrons. The van der Waals surface area contributed by atoms with Crippen molar-refractivity contribution >= 4 is 18.1 Å². The molecule has 0 unspecified atom stereocenters. The Balaban J connectivity index is 0.00000144. The molecule has 0 saturated carbocycles. The first-order chi connectivity index (χ1) is 7.75. The van der Waals surface area contributed by atoms with Crippen molar-refractivity contribution in [3.05, 3.63) is 65.2 Å². The molecule has 0 aliphatic rings. The quantitative estimate of drug-likeness (QED) is 0.821. The number of benzene rings is 2. The molecule has 2 heteroatoms. The Morgan fingerprint density at radius 2 is 1.53 bits per heavy atom. The summed E-state index contributed by atoms with van der Waals surface area (Å²) >= 11 is 0. The van der Waals surface area contributed by atoms with Gasteiger partial charge in [0.1, 0.15) is 0 Å². The number of hydrogen-bond acceptors (Lipinski definition) is 1. The summed E-state index contributed by atoms with van der Waals surface area (Å²) in [4.78, 5) is 0. The number of rotatable bonds is 3. The van der Waals surface area contributed by atoms with Gasteiger partial charge in [-0.2, -0.15) is 0 Å². The first-order valence-electron chi connectivity index (χ1n) is 5.64. The normalized spacial score (nSPS) is 9.71. The third-order valence-corrected chi connectivity index (χ3v) is 2.92. The maximum atomic E-state index is 5.66. The summed E-state index contributed by atoms with van der Waals surface area (Å²) in [6, 6.07) is 16.7. The molecule has 17 heavy (non-hydrogen) atoms. The molecule has 0 aromatic heterocycles. The minimum absolute atomic E-state index is 0. The number of halogens is 1. The van der Waals surface area contributed by atoms with E-state index < -0.39 is 0 Å². The van der Waals surface area contributed by atoms with Gasteiger partial charge in [-0.15, -0.1) is 12.4 Å². The van der Waals surface area contributed by atoms with Gasteiger partial charge in [-0.25, -0.2) is 0 Å². The van der Waals surface area contributed by atoms with Gasteiger partial charge in [-0.05, 0) is 48.6 Å². The molecule has 0 aliphatic heterocycles. The van der Waals surface area contributed by atoms with E-state index in [4.69, 9.17) is 5.73 Å². The van der Waals surface area contributed by atoms with Crippen LogP contribution < -0.4 is 5.73 Å². The van der Waals surface area contributed by atoms with Gasteiger partial charge >= 0.3 is 0 Å². The second-order valence-electron chi connectivity index (χ2n) is 4.17. The molecular formula is C15H18ClN. The van der Waals surface area contributed by atoms with E-state index >= 15 is 0 Å². The lowest BCUT2D eigenvalue weighted by Crippen LogP contribution is -1.94. The molecule has 0 radical (unpaired) electrons. The van der Waals surface area contributed by atoms with Crippen LogP contribution in [-0.2, 0) is 12.8 Å². The molecule has 0 heterocycles. The maximum absolute atomic E-state index is 5.66. The Labute approximate surface area is 109 Å². The zero-order valence-electron chi connectivity index (χ0n) is 10.0. The summed E-state index contributed by atoms with van der Waals surface area (Å²) in [5, 5.41) is 0. The van der Waals surface area contributed by atoms with Crippen molar-refractivity contribution < 1.29 is 0 Å². The fraction of sp³-hybridized carbons (Fsp3) is 0.200. The highest BCUT2D eigenvalue weighted by molar-refractivity contribution is 5.85. The molecule has 1 nitrogen and oxygen atoms in total. The van der Waals surface area contributed by atoms with E-state index in [1.807, 2.05) is 12.1 Å². The smallest absolute Gasteiger partial charge is 0.0314 e. The average Bonchev–Trinajstić information content (AvgIpc) is 2.30. The summed E-state index contributed by atoms with van der Waals surface area (Å²) in [6.45, 7) is 2.16. The molecule has 0 aliphatic carbocycles. The first kappa shape index (κ1) is 13.6. The predicted molar refractivity (Wildman–Crippen MR) is 76.7 cm³/mol. The van der Waals surface area contributed by atoms with Crippen LogP contribution in [0.5, 0.6) is 0 Å². The standard InChI is InChI=1S/C15H17N.ClH/c1-12-4-2-3-5-14(12)9-6-13-7-10-15(16)11-8-13;/h2-5,7-8,10-11H,6,9,16H2,1H3;1H. The van der Waals surface area contributed by atoms with Crippen molar-refractivity contribution in [2.75, 3.05) is 5.73 Å². The van der Waals surface area contributed by atoms with E-state index in [1.165, 1.54) is 16.7 Å². The number of aryl methyl sites for hydroxylation is 3. The largest absolute Gasteiger partial charge is 0.399 e. The van der Waals surface area contributed by atoms with Crippen LogP contribution in [0.4, 0.5) is 5.69 Å². The van der Waals surface area contributed by atoms with Crippen molar-refractivity contribution in [2.24, 2.45) is 0 Å². The molecule has 0 amide bonds. The third-order valence-electron chi connectivity index (χ3n) is 2.92. The van der Waals surface area contributed by atoms with Crippen LogP contribution in [0.3, 0.4) is 0 Å².